The van der Waals surface area contributed by atoms with Gasteiger partial charge in [-0.05, 0) is 43.5 Å². The van der Waals surface area contributed by atoms with Gasteiger partial charge < -0.3 is 10.2 Å². The van der Waals surface area contributed by atoms with Crippen molar-refractivity contribution in [3.05, 3.63) is 39.8 Å². The number of carbonyl (C=O) groups is 1. The molecule has 2 heterocycles. The van der Waals surface area contributed by atoms with Crippen molar-refractivity contribution >= 4 is 28.6 Å². The van der Waals surface area contributed by atoms with E-state index in [1.807, 2.05) is 24.0 Å². The van der Waals surface area contributed by atoms with Crippen LogP contribution >= 0.6 is 11.3 Å². The summed E-state index contributed by atoms with van der Waals surface area (Å²) in [5.74, 6) is 0.120. The number of carbonyl (C=O) groups excluding carboxylic acids is 1. The van der Waals surface area contributed by atoms with Gasteiger partial charge in [0.15, 0.2) is 0 Å². The van der Waals surface area contributed by atoms with E-state index in [0.717, 1.165) is 48.0 Å². The molecule has 21 heavy (non-hydrogen) atoms. The molecule has 1 amide bonds. The van der Waals surface area contributed by atoms with E-state index in [-0.39, 0.29) is 5.91 Å². The fourth-order valence-electron chi connectivity index (χ4n) is 2.70. The number of amides is 1. The highest BCUT2D eigenvalue weighted by atomic mass is 32.1. The highest BCUT2D eigenvalue weighted by Crippen LogP contribution is 2.30. The molecule has 3 rings (SSSR count). The van der Waals surface area contributed by atoms with Crippen LogP contribution in [0.2, 0.25) is 0 Å². The number of aryl methyl sites for hydroxylation is 2. The van der Waals surface area contributed by atoms with Gasteiger partial charge in [0.1, 0.15) is 5.01 Å². The lowest BCUT2D eigenvalue weighted by Gasteiger charge is -2.29. The van der Waals surface area contributed by atoms with Crippen molar-refractivity contribution in [2.24, 2.45) is 0 Å². The second-order valence-corrected chi connectivity index (χ2v) is 6.30. The Kier molecular flexibility index (Phi) is 3.92. The van der Waals surface area contributed by atoms with Crippen molar-refractivity contribution in [2.45, 2.75) is 33.2 Å². The lowest BCUT2D eigenvalue weighted by atomic mass is 10.0. The van der Waals surface area contributed by atoms with Gasteiger partial charge in [-0.1, -0.05) is 0 Å². The molecule has 0 atom stereocenters. The topological polar surface area (TPSA) is 45.2 Å². The van der Waals surface area contributed by atoms with Crippen molar-refractivity contribution < 1.29 is 4.79 Å². The average Bonchev–Trinajstić information content (AvgIpc) is 2.89. The number of thiazole rings is 1. The molecular formula is C16H19N3OS. The largest absolute Gasteiger partial charge is 0.379 e. The van der Waals surface area contributed by atoms with Crippen LogP contribution in [-0.2, 0) is 17.8 Å². The summed E-state index contributed by atoms with van der Waals surface area (Å²) in [5.41, 5.74) is 4.47. The van der Waals surface area contributed by atoms with E-state index in [1.54, 1.807) is 18.3 Å². The molecule has 1 N–H and O–H groups in total. The number of fused-ring (bicyclic) bond motifs is 1. The quantitative estimate of drug-likeness (QED) is 0.945. The van der Waals surface area contributed by atoms with Crippen LogP contribution in [0.5, 0.6) is 0 Å². The summed E-state index contributed by atoms with van der Waals surface area (Å²) in [4.78, 5) is 18.0. The molecule has 0 radical (unpaired) electrons. The predicted octanol–water partition coefficient (Wildman–Crippen LogP) is 3.36. The van der Waals surface area contributed by atoms with Gasteiger partial charge in [0, 0.05) is 35.9 Å². The summed E-state index contributed by atoms with van der Waals surface area (Å²) in [7, 11) is 0. The minimum Gasteiger partial charge on any atom is -0.379 e. The number of hydrogen-bond acceptors (Lipinski definition) is 4. The zero-order valence-corrected chi connectivity index (χ0v) is 13.2. The van der Waals surface area contributed by atoms with Crippen LogP contribution in [-0.4, -0.2) is 17.4 Å². The molecular weight excluding hydrogens is 282 g/mol. The van der Waals surface area contributed by atoms with E-state index >= 15 is 0 Å². The number of anilines is 2. The maximum absolute atomic E-state index is 11.7. The van der Waals surface area contributed by atoms with Gasteiger partial charge in [0.05, 0.1) is 6.54 Å². The number of hydrogen-bond donors (Lipinski definition) is 1. The van der Waals surface area contributed by atoms with Gasteiger partial charge >= 0.3 is 0 Å². The molecule has 0 bridgehead atoms. The Morgan fingerprint density at radius 3 is 3.05 bits per heavy atom. The van der Waals surface area contributed by atoms with Gasteiger partial charge in [0.25, 0.3) is 0 Å². The van der Waals surface area contributed by atoms with Crippen LogP contribution in [0.25, 0.3) is 0 Å². The first-order valence-electron chi connectivity index (χ1n) is 7.19. The Morgan fingerprint density at radius 2 is 2.33 bits per heavy atom. The van der Waals surface area contributed by atoms with Crippen molar-refractivity contribution in [1.29, 1.82) is 0 Å². The molecule has 2 aromatic rings. The normalized spacial score (nSPS) is 13.9. The Morgan fingerprint density at radius 1 is 1.48 bits per heavy atom. The summed E-state index contributed by atoms with van der Waals surface area (Å²) in [5, 5.41) is 6.57. The fourth-order valence-corrected chi connectivity index (χ4v) is 3.41. The number of nitrogens with zero attached hydrogens (tertiary/aromatic N) is 2. The smallest absolute Gasteiger partial charge is 0.223 e. The van der Waals surface area contributed by atoms with Crippen molar-refractivity contribution in [3.8, 4) is 0 Å². The number of rotatable bonds is 3. The van der Waals surface area contributed by atoms with E-state index in [1.165, 1.54) is 5.56 Å². The molecule has 4 nitrogen and oxygen atoms in total. The maximum atomic E-state index is 11.7. The van der Waals surface area contributed by atoms with Gasteiger partial charge in [0.2, 0.25) is 5.91 Å². The third-order valence-corrected chi connectivity index (χ3v) is 4.66. The van der Waals surface area contributed by atoms with E-state index in [2.05, 4.69) is 21.7 Å². The van der Waals surface area contributed by atoms with E-state index in [0.29, 0.717) is 0 Å². The minimum atomic E-state index is 0.120. The molecule has 5 heteroatoms. The van der Waals surface area contributed by atoms with Gasteiger partial charge in [-0.15, -0.1) is 11.3 Å². The second-order valence-electron chi connectivity index (χ2n) is 5.35. The van der Waals surface area contributed by atoms with Gasteiger partial charge in [-0.3, -0.25) is 4.79 Å². The fraction of sp³-hybridized carbons (Fsp3) is 0.375. The van der Waals surface area contributed by atoms with Crippen LogP contribution < -0.4 is 10.2 Å². The highest BCUT2D eigenvalue weighted by Gasteiger charge is 2.19. The number of benzene rings is 1. The Hall–Kier alpha value is -1.88. The van der Waals surface area contributed by atoms with Crippen LogP contribution in [0.3, 0.4) is 0 Å². The zero-order chi connectivity index (χ0) is 14.8. The maximum Gasteiger partial charge on any atom is 0.223 e. The SMILES string of the molecule is CC(=O)N1CCCc2cc(NCc3nc(C)cs3)ccc21. The molecule has 0 fully saturated rings. The molecule has 1 aliphatic heterocycles. The Labute approximate surface area is 128 Å². The number of aromatic nitrogens is 1. The van der Waals surface area contributed by atoms with Crippen LogP contribution in [0.15, 0.2) is 23.6 Å². The average molecular weight is 301 g/mol. The standard InChI is InChI=1S/C16H19N3OS/c1-11-10-21-16(18-11)9-17-14-5-6-15-13(8-14)4-3-7-19(15)12(2)20/h5-6,8,10,17H,3-4,7,9H2,1-2H3. The minimum absolute atomic E-state index is 0.120. The zero-order valence-electron chi connectivity index (χ0n) is 12.3. The van der Waals surface area contributed by atoms with Crippen LogP contribution in [0.4, 0.5) is 11.4 Å². The molecule has 1 aromatic heterocycles. The Bertz CT molecular complexity index is 665. The summed E-state index contributed by atoms with van der Waals surface area (Å²) >= 11 is 1.68. The third kappa shape index (κ3) is 3.08. The first kappa shape index (κ1) is 14.1. The van der Waals surface area contributed by atoms with Gasteiger partial charge in [-0.25, -0.2) is 4.98 Å². The summed E-state index contributed by atoms with van der Waals surface area (Å²) < 4.78 is 0. The van der Waals surface area contributed by atoms with Crippen LogP contribution in [0.1, 0.15) is 29.6 Å². The second kappa shape index (κ2) is 5.85. The van der Waals surface area contributed by atoms with E-state index < -0.39 is 0 Å². The molecule has 1 aromatic carbocycles. The molecule has 0 saturated carbocycles. The molecule has 0 saturated heterocycles. The summed E-state index contributed by atoms with van der Waals surface area (Å²) in [6, 6.07) is 6.25. The molecule has 1 aliphatic rings. The third-order valence-electron chi connectivity index (χ3n) is 3.69. The van der Waals surface area contributed by atoms with Crippen molar-refractivity contribution in [2.75, 3.05) is 16.8 Å². The highest BCUT2D eigenvalue weighted by molar-refractivity contribution is 7.09. The van der Waals surface area contributed by atoms with Gasteiger partial charge in [-0.2, -0.15) is 0 Å². The molecule has 0 spiro atoms. The van der Waals surface area contributed by atoms with Crippen LogP contribution in [0, 0.1) is 6.92 Å². The molecule has 0 aliphatic carbocycles. The lowest BCUT2D eigenvalue weighted by molar-refractivity contribution is -0.116. The summed E-state index contributed by atoms with van der Waals surface area (Å²) in [6.45, 7) is 5.21. The first-order chi connectivity index (χ1) is 10.1. The lowest BCUT2D eigenvalue weighted by Crippen LogP contribution is -2.33. The van der Waals surface area contributed by atoms with Crippen molar-refractivity contribution in [3.63, 3.8) is 0 Å². The Balaban J connectivity index is 1.75. The summed E-state index contributed by atoms with van der Waals surface area (Å²) in [6.07, 6.45) is 2.06. The monoisotopic (exact) mass is 301 g/mol. The molecule has 110 valence electrons. The first-order valence-corrected chi connectivity index (χ1v) is 8.07. The van der Waals surface area contributed by atoms with E-state index in [4.69, 9.17) is 0 Å². The van der Waals surface area contributed by atoms with E-state index in [9.17, 15) is 4.79 Å². The number of nitrogens with one attached hydrogen (secondary N) is 1. The predicted molar refractivity (Wildman–Crippen MR) is 87.0 cm³/mol. The molecule has 0 unspecified atom stereocenters. The van der Waals surface area contributed by atoms with Crippen molar-refractivity contribution in [1.82, 2.24) is 4.98 Å².